The molecule has 0 atom stereocenters. The SMILES string of the molecule is Cc1occc1-c1nnc(COCC(=O)O)o1. The number of carbonyl (C=O) groups is 1. The second kappa shape index (κ2) is 4.79. The lowest BCUT2D eigenvalue weighted by atomic mass is 10.3. The second-order valence-electron chi connectivity index (χ2n) is 3.28. The van der Waals surface area contributed by atoms with E-state index in [1.807, 2.05) is 0 Å². The lowest BCUT2D eigenvalue weighted by Crippen LogP contribution is -2.06. The highest BCUT2D eigenvalue weighted by Gasteiger charge is 2.13. The number of nitrogens with zero attached hydrogens (tertiary/aromatic N) is 2. The highest BCUT2D eigenvalue weighted by Crippen LogP contribution is 2.22. The Morgan fingerprint density at radius 1 is 1.53 bits per heavy atom. The van der Waals surface area contributed by atoms with E-state index in [1.54, 1.807) is 13.0 Å². The Morgan fingerprint density at radius 3 is 3.00 bits per heavy atom. The normalized spacial score (nSPS) is 10.6. The van der Waals surface area contributed by atoms with Crippen LogP contribution in [0.15, 0.2) is 21.2 Å². The number of hydrogen-bond acceptors (Lipinski definition) is 6. The Hall–Kier alpha value is -2.15. The average molecular weight is 238 g/mol. The summed E-state index contributed by atoms with van der Waals surface area (Å²) in [6, 6.07) is 1.71. The van der Waals surface area contributed by atoms with Crippen LogP contribution in [0.5, 0.6) is 0 Å². The number of hydrogen-bond donors (Lipinski definition) is 1. The van der Waals surface area contributed by atoms with Crippen LogP contribution >= 0.6 is 0 Å². The van der Waals surface area contributed by atoms with E-state index in [2.05, 4.69) is 10.2 Å². The van der Waals surface area contributed by atoms with Gasteiger partial charge in [0, 0.05) is 0 Å². The molecule has 17 heavy (non-hydrogen) atoms. The van der Waals surface area contributed by atoms with Gasteiger partial charge in [0.15, 0.2) is 0 Å². The summed E-state index contributed by atoms with van der Waals surface area (Å²) in [4.78, 5) is 10.2. The van der Waals surface area contributed by atoms with Crippen LogP contribution in [0.3, 0.4) is 0 Å². The molecule has 0 bridgehead atoms. The van der Waals surface area contributed by atoms with Crippen molar-refractivity contribution in [1.29, 1.82) is 0 Å². The van der Waals surface area contributed by atoms with Crippen LogP contribution in [0.4, 0.5) is 0 Å². The van der Waals surface area contributed by atoms with Gasteiger partial charge >= 0.3 is 5.97 Å². The summed E-state index contributed by atoms with van der Waals surface area (Å²) in [5.41, 5.74) is 0.710. The molecule has 1 N–H and O–H groups in total. The number of aryl methyl sites for hydroxylation is 1. The molecule has 0 spiro atoms. The Morgan fingerprint density at radius 2 is 2.35 bits per heavy atom. The fourth-order valence-electron chi connectivity index (χ4n) is 1.25. The topological polar surface area (TPSA) is 98.6 Å². The zero-order chi connectivity index (χ0) is 12.3. The maximum Gasteiger partial charge on any atom is 0.329 e. The van der Waals surface area contributed by atoms with E-state index >= 15 is 0 Å². The molecular weight excluding hydrogens is 228 g/mol. The molecule has 0 amide bonds. The number of carboxylic acid groups (broad SMARTS) is 1. The molecule has 0 radical (unpaired) electrons. The lowest BCUT2D eigenvalue weighted by Gasteiger charge is -1.95. The zero-order valence-corrected chi connectivity index (χ0v) is 9.04. The molecule has 0 aliphatic heterocycles. The molecule has 0 saturated heterocycles. The maximum atomic E-state index is 10.2. The third-order valence-electron chi connectivity index (χ3n) is 2.01. The second-order valence-corrected chi connectivity index (χ2v) is 3.28. The van der Waals surface area contributed by atoms with Crippen molar-refractivity contribution in [2.24, 2.45) is 0 Å². The number of aromatic nitrogens is 2. The van der Waals surface area contributed by atoms with Crippen molar-refractivity contribution in [3.8, 4) is 11.5 Å². The maximum absolute atomic E-state index is 10.2. The van der Waals surface area contributed by atoms with Crippen LogP contribution < -0.4 is 0 Å². The average Bonchev–Trinajstić information content (AvgIpc) is 2.86. The van der Waals surface area contributed by atoms with Crippen molar-refractivity contribution in [2.75, 3.05) is 6.61 Å². The highest BCUT2D eigenvalue weighted by atomic mass is 16.5. The first kappa shape index (κ1) is 11.3. The third-order valence-corrected chi connectivity index (χ3v) is 2.01. The van der Waals surface area contributed by atoms with Crippen molar-refractivity contribution in [3.05, 3.63) is 24.0 Å². The van der Waals surface area contributed by atoms with E-state index in [4.69, 9.17) is 18.7 Å². The van der Waals surface area contributed by atoms with Gasteiger partial charge in [-0.05, 0) is 13.0 Å². The molecule has 0 fully saturated rings. The molecule has 0 aliphatic carbocycles. The van der Waals surface area contributed by atoms with Gasteiger partial charge in [-0.3, -0.25) is 0 Å². The lowest BCUT2D eigenvalue weighted by molar-refractivity contribution is -0.142. The molecule has 2 heterocycles. The van der Waals surface area contributed by atoms with Crippen LogP contribution in [-0.4, -0.2) is 27.9 Å². The molecule has 0 aromatic carbocycles. The van der Waals surface area contributed by atoms with Gasteiger partial charge in [0.2, 0.25) is 5.89 Å². The summed E-state index contributed by atoms with van der Waals surface area (Å²) < 4.78 is 15.2. The summed E-state index contributed by atoms with van der Waals surface area (Å²) in [6.45, 7) is 1.35. The molecule has 2 rings (SSSR count). The van der Waals surface area contributed by atoms with Gasteiger partial charge in [-0.25, -0.2) is 4.79 Å². The molecule has 0 unspecified atom stereocenters. The van der Waals surface area contributed by atoms with Gasteiger partial charge in [0.05, 0.1) is 11.8 Å². The smallest absolute Gasteiger partial charge is 0.329 e. The molecule has 0 saturated carbocycles. The van der Waals surface area contributed by atoms with Crippen molar-refractivity contribution in [2.45, 2.75) is 13.5 Å². The van der Waals surface area contributed by atoms with E-state index < -0.39 is 12.6 Å². The van der Waals surface area contributed by atoms with E-state index in [-0.39, 0.29) is 12.5 Å². The largest absolute Gasteiger partial charge is 0.480 e. The van der Waals surface area contributed by atoms with Crippen molar-refractivity contribution >= 4 is 5.97 Å². The van der Waals surface area contributed by atoms with Gasteiger partial charge < -0.3 is 18.7 Å². The predicted octanol–water partition coefficient (Wildman–Crippen LogP) is 1.24. The van der Waals surface area contributed by atoms with Crippen LogP contribution in [0, 0.1) is 6.92 Å². The number of rotatable bonds is 5. The summed E-state index contributed by atoms with van der Waals surface area (Å²) in [6.07, 6.45) is 1.52. The summed E-state index contributed by atoms with van der Waals surface area (Å²) in [7, 11) is 0. The molecule has 2 aromatic rings. The molecule has 90 valence electrons. The van der Waals surface area contributed by atoms with Gasteiger partial charge in [-0.2, -0.15) is 0 Å². The Labute approximate surface area is 96.0 Å². The summed E-state index contributed by atoms with van der Waals surface area (Å²) in [5, 5.41) is 15.9. The quantitative estimate of drug-likeness (QED) is 0.836. The minimum atomic E-state index is -1.05. The Kier molecular flexibility index (Phi) is 3.20. The van der Waals surface area contributed by atoms with Gasteiger partial charge in [0.1, 0.15) is 19.0 Å². The number of furan rings is 1. The number of carboxylic acids is 1. The van der Waals surface area contributed by atoms with E-state index in [0.29, 0.717) is 17.2 Å². The molecule has 7 heteroatoms. The first-order valence-corrected chi connectivity index (χ1v) is 4.83. The molecule has 0 aliphatic rings. The molecule has 7 nitrogen and oxygen atoms in total. The zero-order valence-electron chi connectivity index (χ0n) is 9.04. The standard InChI is InChI=1S/C10H10N2O5/c1-6-7(2-3-16-6)10-12-11-8(17-10)4-15-5-9(13)14/h2-3H,4-5H2,1H3,(H,13,14). The minimum Gasteiger partial charge on any atom is -0.480 e. The first-order chi connectivity index (χ1) is 8.16. The van der Waals surface area contributed by atoms with Crippen molar-refractivity contribution in [3.63, 3.8) is 0 Å². The fourth-order valence-corrected chi connectivity index (χ4v) is 1.25. The summed E-state index contributed by atoms with van der Waals surface area (Å²) in [5.74, 6) is 0.175. The van der Waals surface area contributed by atoms with Gasteiger partial charge in [-0.15, -0.1) is 10.2 Å². The fraction of sp³-hybridized carbons (Fsp3) is 0.300. The number of aliphatic carboxylic acids is 1. The van der Waals surface area contributed by atoms with Crippen LogP contribution in [-0.2, 0) is 16.1 Å². The van der Waals surface area contributed by atoms with Gasteiger partial charge in [-0.1, -0.05) is 0 Å². The minimum absolute atomic E-state index is 0.0315. The van der Waals surface area contributed by atoms with E-state index in [0.717, 1.165) is 0 Å². The van der Waals surface area contributed by atoms with E-state index in [9.17, 15) is 4.79 Å². The predicted molar refractivity (Wildman–Crippen MR) is 54.0 cm³/mol. The van der Waals surface area contributed by atoms with Crippen LogP contribution in [0.2, 0.25) is 0 Å². The number of ether oxygens (including phenoxy) is 1. The third kappa shape index (κ3) is 2.70. The van der Waals surface area contributed by atoms with Gasteiger partial charge in [0.25, 0.3) is 5.89 Å². The van der Waals surface area contributed by atoms with E-state index in [1.165, 1.54) is 6.26 Å². The van der Waals surface area contributed by atoms with Crippen LogP contribution in [0.25, 0.3) is 11.5 Å². The molecular formula is C10H10N2O5. The monoisotopic (exact) mass is 238 g/mol. The molecule has 2 aromatic heterocycles. The Balaban J connectivity index is 2.01. The first-order valence-electron chi connectivity index (χ1n) is 4.83. The summed E-state index contributed by atoms with van der Waals surface area (Å²) >= 11 is 0. The van der Waals surface area contributed by atoms with Crippen molar-refractivity contribution in [1.82, 2.24) is 10.2 Å². The van der Waals surface area contributed by atoms with Crippen LogP contribution in [0.1, 0.15) is 11.7 Å². The Bertz CT molecular complexity index is 516. The highest BCUT2D eigenvalue weighted by molar-refractivity contribution is 5.67. The van der Waals surface area contributed by atoms with Crippen molar-refractivity contribution < 1.29 is 23.5 Å².